The molecule has 0 fully saturated rings. The fourth-order valence-electron chi connectivity index (χ4n) is 2.95. The molecule has 0 aliphatic rings. The summed E-state index contributed by atoms with van der Waals surface area (Å²) in [6.07, 6.45) is 9.11. The highest BCUT2D eigenvalue weighted by atomic mass is 16.5. The van der Waals surface area contributed by atoms with Gasteiger partial charge in [0.05, 0.1) is 28.9 Å². The Balaban J connectivity index is 1.95. The van der Waals surface area contributed by atoms with Gasteiger partial charge in [0, 0.05) is 12.5 Å². The van der Waals surface area contributed by atoms with E-state index in [1.54, 1.807) is 48.6 Å². The van der Waals surface area contributed by atoms with Gasteiger partial charge in [-0.05, 0) is 48.2 Å². The average Bonchev–Trinajstić information content (AvgIpc) is 2.75. The zero-order chi connectivity index (χ0) is 26.6. The summed E-state index contributed by atoms with van der Waals surface area (Å²) in [6.45, 7) is 0.459. The first-order chi connectivity index (χ1) is 16.9. The zero-order valence-electron chi connectivity index (χ0n) is 22.9. The summed E-state index contributed by atoms with van der Waals surface area (Å²) >= 11 is 0. The minimum Gasteiger partial charge on any atom is -0.497 e. The van der Waals surface area contributed by atoms with Crippen molar-refractivity contribution in [2.45, 2.75) is 44.9 Å². The number of hydrogen-bond donors (Lipinski definition) is 1. The Bertz CT molecular complexity index is 984. The molecule has 30 heavy (non-hydrogen) atoms. The van der Waals surface area contributed by atoms with E-state index in [1.807, 2.05) is 0 Å². The first kappa shape index (κ1) is 15.8. The molecule has 0 heterocycles. The fourth-order valence-corrected chi connectivity index (χ4v) is 2.95. The summed E-state index contributed by atoms with van der Waals surface area (Å²) in [5.74, 6) is 0.114. The van der Waals surface area contributed by atoms with Crippen molar-refractivity contribution in [3.63, 3.8) is 0 Å². The normalized spacial score (nSPS) is 14.7. The predicted octanol–water partition coefficient (Wildman–Crippen LogP) is 6.07. The van der Waals surface area contributed by atoms with E-state index in [2.05, 4.69) is 0 Å². The lowest BCUT2D eigenvalue weighted by Crippen LogP contribution is -1.98. The molecule has 0 aliphatic heterocycles. The molecule has 0 unspecified atom stereocenters. The lowest BCUT2D eigenvalue weighted by molar-refractivity contribution is -0.137. The van der Waals surface area contributed by atoms with Gasteiger partial charge < -0.3 is 19.3 Å². The molecule has 0 aromatic heterocycles. The molecule has 2 rings (SSSR count). The van der Waals surface area contributed by atoms with Gasteiger partial charge in [0.1, 0.15) is 17.2 Å². The lowest BCUT2D eigenvalue weighted by Gasteiger charge is -2.09. The highest BCUT2D eigenvalue weighted by molar-refractivity contribution is 5.71. The number of carboxylic acids is 1. The van der Waals surface area contributed by atoms with Crippen LogP contribution < -0.4 is 14.2 Å². The highest BCUT2D eigenvalue weighted by Crippen LogP contribution is 2.25. The van der Waals surface area contributed by atoms with E-state index in [9.17, 15) is 4.79 Å². The van der Waals surface area contributed by atoms with Crippen molar-refractivity contribution in [3.05, 3.63) is 53.6 Å². The maximum atomic E-state index is 10.5. The Morgan fingerprint density at radius 1 is 0.833 bits per heavy atom. The third-order valence-corrected chi connectivity index (χ3v) is 4.54. The Morgan fingerprint density at radius 2 is 1.47 bits per heavy atom. The van der Waals surface area contributed by atoms with Crippen molar-refractivity contribution in [2.75, 3.05) is 20.7 Å². The molecule has 0 spiro atoms. The van der Waals surface area contributed by atoms with Gasteiger partial charge in [-0.25, -0.2) is 0 Å². The molecule has 5 heteroatoms. The number of hydrogen-bond acceptors (Lipinski definition) is 4. The van der Waals surface area contributed by atoms with Crippen LogP contribution in [-0.4, -0.2) is 31.8 Å². The van der Waals surface area contributed by atoms with Crippen LogP contribution in [0, 0.1) is 0 Å². The summed E-state index contributed by atoms with van der Waals surface area (Å²) < 4.78 is 59.4. The summed E-state index contributed by atoms with van der Waals surface area (Å²) in [5, 5.41) is 8.65. The Hall–Kier alpha value is -2.95. The second kappa shape index (κ2) is 13.3. The monoisotopic (exact) mass is 418 g/mol. The van der Waals surface area contributed by atoms with Crippen molar-refractivity contribution >= 4 is 18.1 Å². The maximum Gasteiger partial charge on any atom is 0.303 e. The third-order valence-electron chi connectivity index (χ3n) is 4.54. The number of carbonyl (C=O) groups is 1. The fraction of sp³-hybridized carbons (Fsp3) is 0.400. The summed E-state index contributed by atoms with van der Waals surface area (Å²) in [7, 11) is -5.11. The molecule has 0 radical (unpaired) electrons. The average molecular weight is 419 g/mol. The van der Waals surface area contributed by atoms with Gasteiger partial charge >= 0.3 is 5.97 Å². The summed E-state index contributed by atoms with van der Waals surface area (Å²) in [5.41, 5.74) is 1.47. The van der Waals surface area contributed by atoms with Gasteiger partial charge in [0.2, 0.25) is 0 Å². The van der Waals surface area contributed by atoms with E-state index in [1.165, 1.54) is 6.07 Å². The van der Waals surface area contributed by atoms with Crippen molar-refractivity contribution in [1.29, 1.82) is 0 Å². The number of carboxylic acid groups (broad SMARTS) is 1. The minimum absolute atomic E-state index is 0.159. The minimum atomic E-state index is -2.60. The number of methoxy groups -OCH3 is 2. The summed E-state index contributed by atoms with van der Waals surface area (Å²) in [4.78, 5) is 10.5. The van der Waals surface area contributed by atoms with E-state index < -0.39 is 20.0 Å². The second-order valence-electron chi connectivity index (χ2n) is 6.96. The van der Waals surface area contributed by atoms with Gasteiger partial charge in [-0.2, -0.15) is 0 Å². The third kappa shape index (κ3) is 9.03. The molecular formula is C25H32O5. The Kier molecular flexibility index (Phi) is 7.02. The van der Waals surface area contributed by atoms with E-state index in [4.69, 9.17) is 27.5 Å². The topological polar surface area (TPSA) is 65.0 Å². The van der Waals surface area contributed by atoms with Crippen LogP contribution in [0.25, 0.3) is 12.2 Å². The van der Waals surface area contributed by atoms with Crippen molar-refractivity contribution < 1.29 is 32.3 Å². The molecule has 0 amide bonds. The maximum absolute atomic E-state index is 10.5. The van der Waals surface area contributed by atoms with E-state index in [-0.39, 0.29) is 17.9 Å². The van der Waals surface area contributed by atoms with Crippen LogP contribution in [0.3, 0.4) is 0 Å². The van der Waals surface area contributed by atoms with Crippen molar-refractivity contribution in [2.24, 2.45) is 0 Å². The van der Waals surface area contributed by atoms with Crippen LogP contribution >= 0.6 is 0 Å². The van der Waals surface area contributed by atoms with E-state index in [0.717, 1.165) is 37.7 Å². The number of ether oxygens (including phenoxy) is 3. The smallest absolute Gasteiger partial charge is 0.303 e. The molecule has 0 atom stereocenters. The molecule has 162 valence electrons. The van der Waals surface area contributed by atoms with Gasteiger partial charge in [-0.3, -0.25) is 4.79 Å². The van der Waals surface area contributed by atoms with Gasteiger partial charge in [-0.15, -0.1) is 0 Å². The molecule has 1 N–H and O–H groups in total. The van der Waals surface area contributed by atoms with Crippen LogP contribution in [0.15, 0.2) is 42.5 Å². The molecule has 0 bridgehead atoms. The van der Waals surface area contributed by atoms with Crippen molar-refractivity contribution in [3.8, 4) is 17.2 Å². The molecule has 2 aromatic carbocycles. The van der Waals surface area contributed by atoms with Crippen molar-refractivity contribution in [1.82, 2.24) is 0 Å². The Morgan fingerprint density at radius 3 is 2.20 bits per heavy atom. The first-order valence-corrected chi connectivity index (χ1v) is 10.1. The molecule has 2 aromatic rings. The number of unbranched alkanes of at least 4 members (excludes halogenated alkanes) is 5. The molecule has 0 saturated carbocycles. The van der Waals surface area contributed by atoms with Gasteiger partial charge in [0.25, 0.3) is 0 Å². The lowest BCUT2D eigenvalue weighted by atomic mass is 10.1. The highest BCUT2D eigenvalue weighted by Gasteiger charge is 2.02. The van der Waals surface area contributed by atoms with Crippen LogP contribution in [-0.2, 0) is 4.79 Å². The van der Waals surface area contributed by atoms with Gasteiger partial charge in [-0.1, -0.05) is 50.0 Å². The largest absolute Gasteiger partial charge is 0.497 e. The quantitative estimate of drug-likeness (QED) is 0.298. The molecule has 0 saturated heterocycles. The Labute approximate surface area is 187 Å². The predicted molar refractivity (Wildman–Crippen MR) is 120 cm³/mol. The molecular weight excluding hydrogens is 380 g/mol. The standard InChI is InChI=1S/C25H32O5/c1-28-22-14-12-20(13-15-22)10-11-21-17-23(29-2)19-24(18-21)30-16-8-6-4-3-5-7-9-25(26)27/h10-15,17-19H,3-9,16H2,1-2H3,(H,26,27)/b11-10+/i1D3,2D3. The SMILES string of the molecule is [2H]C([2H])([2H])Oc1ccc(/C=C/c2cc(OCCCCCCCCC(=O)O)cc(OC([2H])([2H])[2H])c2)cc1. The van der Waals surface area contributed by atoms with Crippen LogP contribution in [0.1, 0.15) is 64.3 Å². The first-order valence-electron chi connectivity index (χ1n) is 13.1. The van der Waals surface area contributed by atoms with Gasteiger partial charge in [0.15, 0.2) is 0 Å². The van der Waals surface area contributed by atoms with Crippen LogP contribution in [0.2, 0.25) is 0 Å². The summed E-state index contributed by atoms with van der Waals surface area (Å²) in [6, 6.07) is 11.4. The van der Waals surface area contributed by atoms with E-state index in [0.29, 0.717) is 24.3 Å². The molecule has 5 nitrogen and oxygen atoms in total. The van der Waals surface area contributed by atoms with E-state index >= 15 is 0 Å². The molecule has 0 aliphatic carbocycles. The second-order valence-corrected chi connectivity index (χ2v) is 6.96. The zero-order valence-corrected chi connectivity index (χ0v) is 16.9. The number of rotatable bonds is 14. The van der Waals surface area contributed by atoms with Crippen LogP contribution in [0.5, 0.6) is 17.2 Å². The number of aliphatic carboxylic acids is 1. The van der Waals surface area contributed by atoms with Crippen LogP contribution in [0.4, 0.5) is 0 Å². The number of benzene rings is 2.